The van der Waals surface area contributed by atoms with Gasteiger partial charge < -0.3 is 14.2 Å². The predicted octanol–water partition coefficient (Wildman–Crippen LogP) is 2.24. The van der Waals surface area contributed by atoms with Crippen molar-refractivity contribution in [2.75, 3.05) is 14.2 Å². The van der Waals surface area contributed by atoms with Crippen LogP contribution in [0.3, 0.4) is 0 Å². The Kier molecular flexibility index (Phi) is 3.59. The van der Waals surface area contributed by atoms with Crippen LogP contribution in [0.1, 0.15) is 30.1 Å². The maximum atomic E-state index is 13.0. The zero-order valence-electron chi connectivity index (χ0n) is 12.9. The van der Waals surface area contributed by atoms with Gasteiger partial charge in [-0.1, -0.05) is 18.5 Å². The maximum Gasteiger partial charge on any atom is 0.232 e. The maximum absolute atomic E-state index is 13.0. The Bertz CT molecular complexity index is 741. The van der Waals surface area contributed by atoms with Gasteiger partial charge in [-0.05, 0) is 0 Å². The van der Waals surface area contributed by atoms with Crippen LogP contribution in [0.5, 0.6) is 17.2 Å². The molecule has 0 bridgehead atoms. The molecule has 0 N–H and O–H groups in total. The van der Waals surface area contributed by atoms with E-state index in [4.69, 9.17) is 25.8 Å². The van der Waals surface area contributed by atoms with Crippen molar-refractivity contribution in [2.45, 2.75) is 25.4 Å². The number of halogens is 1. The lowest BCUT2D eigenvalue weighted by atomic mass is 9.72. The van der Waals surface area contributed by atoms with E-state index in [1.807, 2.05) is 0 Å². The third-order valence-corrected chi connectivity index (χ3v) is 4.78. The molecule has 7 heteroatoms. The Morgan fingerprint density at radius 3 is 2.43 bits per heavy atom. The Hall–Kier alpha value is -2.08. The van der Waals surface area contributed by atoms with Crippen molar-refractivity contribution in [1.29, 1.82) is 0 Å². The summed E-state index contributed by atoms with van der Waals surface area (Å²) >= 11 is 6.24. The average Bonchev–Trinajstić information content (AvgIpc) is 2.82. The topological polar surface area (TPSA) is 78.9 Å². The standard InChI is InChI=1S/C16H15ClO6/c1-7-4-8(18)5-11(19)16(7)15(20)12-9(21-2)6-10(22-3)13(17)14(12)23-16/h6-7H,4-5H2,1-3H3/t7-,16+/m0/s1. The lowest BCUT2D eigenvalue weighted by Crippen LogP contribution is -2.57. The second-order valence-electron chi connectivity index (χ2n) is 5.71. The lowest BCUT2D eigenvalue weighted by Gasteiger charge is -2.34. The first-order valence-corrected chi connectivity index (χ1v) is 7.47. The van der Waals surface area contributed by atoms with Gasteiger partial charge in [0.1, 0.15) is 27.9 Å². The molecule has 3 rings (SSSR count). The van der Waals surface area contributed by atoms with Crippen LogP contribution in [0.25, 0.3) is 0 Å². The third-order valence-electron chi connectivity index (χ3n) is 4.42. The number of rotatable bonds is 2. The van der Waals surface area contributed by atoms with Crippen molar-refractivity contribution in [1.82, 2.24) is 0 Å². The molecular formula is C16H15ClO6. The Labute approximate surface area is 137 Å². The number of carbonyl (C=O) groups is 3. The second-order valence-corrected chi connectivity index (χ2v) is 6.09. The van der Waals surface area contributed by atoms with Gasteiger partial charge in [0, 0.05) is 18.4 Å². The predicted molar refractivity (Wildman–Crippen MR) is 80.7 cm³/mol. The minimum atomic E-state index is -1.71. The van der Waals surface area contributed by atoms with Gasteiger partial charge in [0.05, 0.1) is 20.6 Å². The number of hydrogen-bond acceptors (Lipinski definition) is 6. The highest BCUT2D eigenvalue weighted by molar-refractivity contribution is 6.36. The first-order valence-electron chi connectivity index (χ1n) is 7.10. The molecule has 2 aliphatic rings. The highest BCUT2D eigenvalue weighted by atomic mass is 35.5. The molecule has 0 unspecified atom stereocenters. The van der Waals surface area contributed by atoms with Crippen LogP contribution in [0.2, 0.25) is 5.02 Å². The van der Waals surface area contributed by atoms with Crippen LogP contribution in [0.4, 0.5) is 0 Å². The van der Waals surface area contributed by atoms with E-state index in [1.165, 1.54) is 20.3 Å². The van der Waals surface area contributed by atoms with E-state index in [1.54, 1.807) is 6.92 Å². The normalized spacial score (nSPS) is 26.3. The first kappa shape index (κ1) is 15.8. The Balaban J connectivity index is 2.21. The van der Waals surface area contributed by atoms with Gasteiger partial charge in [0.25, 0.3) is 0 Å². The Morgan fingerprint density at radius 1 is 1.22 bits per heavy atom. The molecule has 0 saturated heterocycles. The molecule has 2 atom stereocenters. The van der Waals surface area contributed by atoms with Crippen molar-refractivity contribution in [3.8, 4) is 17.2 Å². The summed E-state index contributed by atoms with van der Waals surface area (Å²) in [6.45, 7) is 1.65. The second kappa shape index (κ2) is 5.23. The molecule has 0 radical (unpaired) electrons. The molecule has 1 aliphatic heterocycles. The van der Waals surface area contributed by atoms with E-state index in [0.717, 1.165) is 0 Å². The summed E-state index contributed by atoms with van der Waals surface area (Å²) in [6.07, 6.45) is -0.219. The van der Waals surface area contributed by atoms with Crippen molar-refractivity contribution < 1.29 is 28.6 Å². The van der Waals surface area contributed by atoms with E-state index in [-0.39, 0.29) is 46.5 Å². The monoisotopic (exact) mass is 338 g/mol. The van der Waals surface area contributed by atoms with Crippen molar-refractivity contribution >= 4 is 29.0 Å². The number of fused-ring (bicyclic) bond motifs is 1. The molecular weight excluding hydrogens is 324 g/mol. The third kappa shape index (κ3) is 1.97. The van der Waals surface area contributed by atoms with Crippen LogP contribution in [0, 0.1) is 5.92 Å². The van der Waals surface area contributed by atoms with Crippen molar-refractivity contribution in [3.63, 3.8) is 0 Å². The number of methoxy groups -OCH3 is 2. The summed E-state index contributed by atoms with van der Waals surface area (Å²) in [7, 11) is 2.82. The van der Waals surface area contributed by atoms with Crippen molar-refractivity contribution in [3.05, 3.63) is 16.7 Å². The summed E-state index contributed by atoms with van der Waals surface area (Å²) in [5.74, 6) is -1.26. The molecule has 1 saturated carbocycles. The van der Waals surface area contributed by atoms with E-state index < -0.39 is 23.1 Å². The van der Waals surface area contributed by atoms with Crippen LogP contribution >= 0.6 is 11.6 Å². The van der Waals surface area contributed by atoms with Crippen LogP contribution in [-0.4, -0.2) is 37.2 Å². The average molecular weight is 339 g/mol. The zero-order valence-corrected chi connectivity index (χ0v) is 13.7. The van der Waals surface area contributed by atoms with Crippen LogP contribution < -0.4 is 14.2 Å². The van der Waals surface area contributed by atoms with E-state index in [2.05, 4.69) is 0 Å². The summed E-state index contributed by atoms with van der Waals surface area (Å²) < 4.78 is 16.2. The first-order chi connectivity index (χ1) is 10.9. The van der Waals surface area contributed by atoms with Gasteiger partial charge in [-0.2, -0.15) is 0 Å². The van der Waals surface area contributed by atoms with Gasteiger partial charge >= 0.3 is 0 Å². The molecule has 1 fully saturated rings. The van der Waals surface area contributed by atoms with Crippen molar-refractivity contribution in [2.24, 2.45) is 5.92 Å². The summed E-state index contributed by atoms with van der Waals surface area (Å²) in [5.41, 5.74) is -1.59. The number of carbonyl (C=O) groups excluding carboxylic acids is 3. The fraction of sp³-hybridized carbons (Fsp3) is 0.438. The summed E-state index contributed by atoms with van der Waals surface area (Å²) in [5, 5.41) is 0.102. The van der Waals surface area contributed by atoms with Gasteiger partial charge in [0.15, 0.2) is 11.5 Å². The number of ketones is 3. The minimum absolute atomic E-state index is 0.0717. The minimum Gasteiger partial charge on any atom is -0.496 e. The molecule has 1 aliphatic carbocycles. The lowest BCUT2D eigenvalue weighted by molar-refractivity contribution is -0.143. The molecule has 23 heavy (non-hydrogen) atoms. The molecule has 1 heterocycles. The molecule has 0 amide bonds. The fourth-order valence-electron chi connectivity index (χ4n) is 3.25. The molecule has 1 aromatic rings. The largest absolute Gasteiger partial charge is 0.496 e. The molecule has 122 valence electrons. The number of hydrogen-bond donors (Lipinski definition) is 0. The number of benzene rings is 1. The van der Waals surface area contributed by atoms with Crippen LogP contribution in [0.15, 0.2) is 6.07 Å². The summed E-state index contributed by atoms with van der Waals surface area (Å²) in [4.78, 5) is 37.1. The van der Waals surface area contributed by atoms with Gasteiger partial charge in [-0.15, -0.1) is 0 Å². The van der Waals surface area contributed by atoms with E-state index in [0.29, 0.717) is 0 Å². The molecule has 1 spiro atoms. The highest BCUT2D eigenvalue weighted by Crippen LogP contribution is 2.52. The fourth-order valence-corrected chi connectivity index (χ4v) is 3.52. The van der Waals surface area contributed by atoms with Gasteiger partial charge in [-0.25, -0.2) is 0 Å². The molecule has 1 aromatic carbocycles. The zero-order chi connectivity index (χ0) is 16.9. The molecule has 0 aromatic heterocycles. The number of ether oxygens (including phenoxy) is 3. The quantitative estimate of drug-likeness (QED) is 0.769. The Morgan fingerprint density at radius 2 is 1.87 bits per heavy atom. The summed E-state index contributed by atoms with van der Waals surface area (Å²) in [6, 6.07) is 1.48. The van der Waals surface area contributed by atoms with E-state index >= 15 is 0 Å². The van der Waals surface area contributed by atoms with Crippen LogP contribution in [-0.2, 0) is 9.59 Å². The SMILES string of the molecule is COc1cc(OC)c2c(c1Cl)O[C@]1(C(=O)CC(=O)C[C@@H]1C)C2=O. The van der Waals surface area contributed by atoms with Gasteiger partial charge in [0.2, 0.25) is 11.4 Å². The smallest absolute Gasteiger partial charge is 0.232 e. The van der Waals surface area contributed by atoms with E-state index in [9.17, 15) is 14.4 Å². The highest BCUT2D eigenvalue weighted by Gasteiger charge is 2.61. The van der Waals surface area contributed by atoms with Gasteiger partial charge in [-0.3, -0.25) is 14.4 Å². The number of Topliss-reactive ketones (excluding diaryl/α,β-unsaturated/α-hetero) is 3. The molecule has 6 nitrogen and oxygen atoms in total.